The van der Waals surface area contributed by atoms with E-state index in [-0.39, 0.29) is 17.3 Å². The van der Waals surface area contributed by atoms with Gasteiger partial charge in [0.05, 0.1) is 32.1 Å². The van der Waals surface area contributed by atoms with Gasteiger partial charge in [-0.15, -0.1) is 0 Å². The molecule has 1 aliphatic rings. The Hall–Kier alpha value is -3.85. The maximum Gasteiger partial charge on any atom is 0.254 e. The lowest BCUT2D eigenvalue weighted by Crippen LogP contribution is -2.36. The van der Waals surface area contributed by atoms with Crippen LogP contribution in [-0.4, -0.2) is 38.3 Å². The number of hydrogen-bond donors (Lipinski definition) is 3. The number of benzene rings is 2. The van der Waals surface area contributed by atoms with E-state index in [9.17, 15) is 9.18 Å². The average molecular weight is 424 g/mol. The largest absolute Gasteiger partial charge is 0.493 e. The van der Waals surface area contributed by atoms with Crippen LogP contribution in [0.15, 0.2) is 54.4 Å². The van der Waals surface area contributed by atoms with Crippen LogP contribution in [-0.2, 0) is 4.79 Å². The van der Waals surface area contributed by atoms with Crippen molar-refractivity contribution in [3.8, 4) is 23.0 Å². The molecule has 160 valence electrons. The van der Waals surface area contributed by atoms with Crippen LogP contribution in [0.5, 0.6) is 23.0 Å². The van der Waals surface area contributed by atoms with Crippen molar-refractivity contribution in [2.45, 2.75) is 0 Å². The molecule has 1 amide bonds. The van der Waals surface area contributed by atoms with Gasteiger partial charge < -0.3 is 24.8 Å². The number of hydrogen-bond acceptors (Lipinski definition) is 7. The van der Waals surface area contributed by atoms with Crippen LogP contribution >= 0.6 is 0 Å². The summed E-state index contributed by atoms with van der Waals surface area (Å²) in [5.74, 6) is 0.834. The molecule has 3 N–H and O–H groups in total. The SMILES string of the molecule is COc1cc2nccc(Oc3ccc(NC(=O)C4=CNCNC4)c(F)c3)c2cc1OC. The molecule has 8 nitrogen and oxygen atoms in total. The minimum atomic E-state index is -0.610. The van der Waals surface area contributed by atoms with Gasteiger partial charge in [0.2, 0.25) is 0 Å². The average Bonchev–Trinajstić information content (AvgIpc) is 2.80. The van der Waals surface area contributed by atoms with Crippen molar-refractivity contribution >= 4 is 22.5 Å². The zero-order valence-corrected chi connectivity index (χ0v) is 17.0. The van der Waals surface area contributed by atoms with E-state index < -0.39 is 5.82 Å². The van der Waals surface area contributed by atoms with Gasteiger partial charge in [-0.25, -0.2) is 4.39 Å². The summed E-state index contributed by atoms with van der Waals surface area (Å²) in [5, 5.41) is 9.17. The van der Waals surface area contributed by atoms with Crippen LogP contribution in [0, 0.1) is 5.82 Å². The molecule has 0 atom stereocenters. The molecule has 0 fully saturated rings. The predicted octanol–water partition coefficient (Wildman–Crippen LogP) is 3.16. The van der Waals surface area contributed by atoms with Gasteiger partial charge in [0.25, 0.3) is 5.91 Å². The Morgan fingerprint density at radius 3 is 2.61 bits per heavy atom. The number of anilines is 1. The highest BCUT2D eigenvalue weighted by Crippen LogP contribution is 2.37. The van der Waals surface area contributed by atoms with Crippen molar-refractivity contribution in [3.05, 3.63) is 60.2 Å². The first kappa shape index (κ1) is 20.4. The number of carbonyl (C=O) groups excluding carboxylic acids is 1. The third kappa shape index (κ3) is 4.36. The van der Waals surface area contributed by atoms with E-state index in [1.165, 1.54) is 12.1 Å². The fourth-order valence-corrected chi connectivity index (χ4v) is 3.17. The van der Waals surface area contributed by atoms with Gasteiger partial charge in [-0.1, -0.05) is 0 Å². The first-order valence-electron chi connectivity index (χ1n) is 9.51. The van der Waals surface area contributed by atoms with Crippen molar-refractivity contribution in [2.24, 2.45) is 0 Å². The molecule has 0 unspecified atom stereocenters. The fraction of sp³-hybridized carbons (Fsp3) is 0.182. The second-order valence-electron chi connectivity index (χ2n) is 6.71. The third-order valence-corrected chi connectivity index (χ3v) is 4.73. The minimum Gasteiger partial charge on any atom is -0.493 e. The normalized spacial score (nSPS) is 13.2. The molecule has 4 rings (SSSR count). The maximum absolute atomic E-state index is 14.6. The summed E-state index contributed by atoms with van der Waals surface area (Å²) in [6, 6.07) is 9.42. The summed E-state index contributed by atoms with van der Waals surface area (Å²) in [6.45, 7) is 0.991. The van der Waals surface area contributed by atoms with Gasteiger partial charge in [-0.3, -0.25) is 15.1 Å². The summed E-state index contributed by atoms with van der Waals surface area (Å²) in [4.78, 5) is 16.6. The fourth-order valence-electron chi connectivity index (χ4n) is 3.17. The summed E-state index contributed by atoms with van der Waals surface area (Å²) in [7, 11) is 3.09. The molecule has 0 spiro atoms. The minimum absolute atomic E-state index is 0.0646. The summed E-state index contributed by atoms with van der Waals surface area (Å²) < 4.78 is 31.2. The Bertz CT molecular complexity index is 1170. The molecule has 2 aromatic carbocycles. The van der Waals surface area contributed by atoms with Gasteiger partial charge in [-0.05, 0) is 24.3 Å². The molecule has 0 radical (unpaired) electrons. The van der Waals surface area contributed by atoms with E-state index >= 15 is 0 Å². The van der Waals surface area contributed by atoms with Crippen molar-refractivity contribution < 1.29 is 23.4 Å². The lowest BCUT2D eigenvalue weighted by molar-refractivity contribution is -0.113. The van der Waals surface area contributed by atoms with Gasteiger partial charge >= 0.3 is 0 Å². The number of nitrogens with one attached hydrogen (secondary N) is 3. The molecule has 1 aliphatic heterocycles. The van der Waals surface area contributed by atoms with E-state index in [0.29, 0.717) is 46.9 Å². The van der Waals surface area contributed by atoms with Crippen LogP contribution in [0.4, 0.5) is 10.1 Å². The highest BCUT2D eigenvalue weighted by molar-refractivity contribution is 6.04. The molecular formula is C22H21FN4O4. The van der Waals surface area contributed by atoms with E-state index in [1.807, 2.05) is 0 Å². The number of amides is 1. The molecule has 9 heteroatoms. The number of carbonyl (C=O) groups is 1. The van der Waals surface area contributed by atoms with Gasteiger partial charge in [0.15, 0.2) is 11.5 Å². The van der Waals surface area contributed by atoms with Crippen molar-refractivity contribution in [1.29, 1.82) is 0 Å². The Kier molecular flexibility index (Phi) is 5.85. The molecule has 2 heterocycles. The quantitative estimate of drug-likeness (QED) is 0.560. The molecule has 0 aliphatic carbocycles. The first-order valence-corrected chi connectivity index (χ1v) is 9.51. The van der Waals surface area contributed by atoms with Crippen molar-refractivity contribution in [1.82, 2.24) is 15.6 Å². The lowest BCUT2D eigenvalue weighted by atomic mass is 10.1. The third-order valence-electron chi connectivity index (χ3n) is 4.73. The highest BCUT2D eigenvalue weighted by Gasteiger charge is 2.15. The second kappa shape index (κ2) is 8.88. The van der Waals surface area contributed by atoms with Crippen LogP contribution in [0.3, 0.4) is 0 Å². The van der Waals surface area contributed by atoms with E-state index in [1.54, 1.807) is 50.9 Å². The van der Waals surface area contributed by atoms with Gasteiger partial charge in [0, 0.05) is 42.0 Å². The molecule has 1 aromatic heterocycles. The van der Waals surface area contributed by atoms with Crippen LogP contribution in [0.2, 0.25) is 0 Å². The summed E-state index contributed by atoms with van der Waals surface area (Å²) in [5.41, 5.74) is 1.19. The molecule has 0 saturated heterocycles. The van der Waals surface area contributed by atoms with Crippen LogP contribution in [0.25, 0.3) is 10.9 Å². The number of halogens is 1. The van der Waals surface area contributed by atoms with Gasteiger partial charge in [-0.2, -0.15) is 0 Å². The number of nitrogens with zero attached hydrogens (tertiary/aromatic N) is 1. The number of methoxy groups -OCH3 is 2. The number of rotatable bonds is 6. The lowest BCUT2D eigenvalue weighted by Gasteiger charge is -2.16. The van der Waals surface area contributed by atoms with E-state index in [0.717, 1.165) is 0 Å². The van der Waals surface area contributed by atoms with Crippen LogP contribution in [0.1, 0.15) is 0 Å². The molecule has 31 heavy (non-hydrogen) atoms. The number of aromatic nitrogens is 1. The monoisotopic (exact) mass is 424 g/mol. The zero-order valence-electron chi connectivity index (χ0n) is 17.0. The summed E-state index contributed by atoms with van der Waals surface area (Å²) >= 11 is 0. The molecule has 3 aromatic rings. The Morgan fingerprint density at radius 1 is 1.10 bits per heavy atom. The first-order chi connectivity index (χ1) is 15.1. The predicted molar refractivity (Wildman–Crippen MR) is 114 cm³/mol. The van der Waals surface area contributed by atoms with E-state index in [4.69, 9.17) is 14.2 Å². The van der Waals surface area contributed by atoms with Crippen molar-refractivity contribution in [2.75, 3.05) is 32.7 Å². The number of pyridine rings is 1. The number of fused-ring (bicyclic) bond motifs is 1. The summed E-state index contributed by atoms with van der Waals surface area (Å²) in [6.07, 6.45) is 3.20. The van der Waals surface area contributed by atoms with Gasteiger partial charge in [0.1, 0.15) is 17.3 Å². The smallest absolute Gasteiger partial charge is 0.254 e. The zero-order chi connectivity index (χ0) is 21.8. The number of ether oxygens (including phenoxy) is 3. The molecule has 0 bridgehead atoms. The topological polar surface area (TPSA) is 93.7 Å². The highest BCUT2D eigenvalue weighted by atomic mass is 19.1. The molecular weight excluding hydrogens is 403 g/mol. The van der Waals surface area contributed by atoms with E-state index in [2.05, 4.69) is 20.9 Å². The molecule has 0 saturated carbocycles. The second-order valence-corrected chi connectivity index (χ2v) is 6.71. The Morgan fingerprint density at radius 2 is 1.90 bits per heavy atom. The standard InChI is InChI=1S/C22H21FN4O4/c1-29-20-8-15-18(9-21(20)30-2)26-6-5-19(15)31-14-3-4-17(16(23)7-14)27-22(28)13-10-24-12-25-11-13/h3-10,24-25H,11-12H2,1-2H3,(H,27,28). The Labute approximate surface area is 178 Å². The van der Waals surface area contributed by atoms with Crippen molar-refractivity contribution in [3.63, 3.8) is 0 Å². The maximum atomic E-state index is 14.6. The Balaban J connectivity index is 1.57. The van der Waals surface area contributed by atoms with Crippen LogP contribution < -0.4 is 30.2 Å².